The minimum Gasteiger partial charge on any atom is -0.481 e. The summed E-state index contributed by atoms with van der Waals surface area (Å²) in [7, 11) is 0. The third-order valence-electron chi connectivity index (χ3n) is 5.95. The number of aliphatic carboxylic acids is 1. The van der Waals surface area contributed by atoms with E-state index in [9.17, 15) is 9.59 Å². The average molecular weight is 389 g/mol. The summed E-state index contributed by atoms with van der Waals surface area (Å²) in [5.41, 5.74) is 1.04. The lowest BCUT2D eigenvalue weighted by atomic mass is 9.77. The van der Waals surface area contributed by atoms with Crippen molar-refractivity contribution in [2.75, 3.05) is 6.61 Å². The molecule has 2 aliphatic rings. The number of carboxylic acids is 1. The minimum absolute atomic E-state index is 0.212. The Morgan fingerprint density at radius 1 is 1.04 bits per heavy atom. The fraction of sp³-hybridized carbons (Fsp3) is 0.636. The first-order valence-corrected chi connectivity index (χ1v) is 10.5. The van der Waals surface area contributed by atoms with Crippen molar-refractivity contribution in [2.24, 2.45) is 11.8 Å². The van der Waals surface area contributed by atoms with Gasteiger partial charge in [-0.2, -0.15) is 0 Å². The van der Waals surface area contributed by atoms with Crippen LogP contribution in [0.4, 0.5) is 4.79 Å². The van der Waals surface area contributed by atoms with E-state index in [4.69, 9.17) is 14.6 Å². The first kappa shape index (κ1) is 20.6. The topological polar surface area (TPSA) is 84.9 Å². The number of ether oxygens (including phenoxy) is 2. The van der Waals surface area contributed by atoms with E-state index < -0.39 is 5.97 Å². The van der Waals surface area contributed by atoms with Crippen molar-refractivity contribution in [3.8, 4) is 0 Å². The van der Waals surface area contributed by atoms with Gasteiger partial charge in [-0.1, -0.05) is 49.6 Å². The molecule has 154 valence electrons. The highest BCUT2D eigenvalue weighted by atomic mass is 16.6. The Labute approximate surface area is 166 Å². The molecule has 1 amide bonds. The fourth-order valence-electron chi connectivity index (χ4n) is 4.50. The van der Waals surface area contributed by atoms with Gasteiger partial charge in [-0.25, -0.2) is 4.79 Å². The Morgan fingerprint density at radius 2 is 1.75 bits per heavy atom. The van der Waals surface area contributed by atoms with Crippen LogP contribution in [0.25, 0.3) is 0 Å². The van der Waals surface area contributed by atoms with E-state index in [0.29, 0.717) is 25.2 Å². The lowest BCUT2D eigenvalue weighted by molar-refractivity contribution is -0.137. The number of amides is 1. The molecule has 3 rings (SSSR count). The molecule has 4 atom stereocenters. The fourth-order valence-corrected chi connectivity index (χ4v) is 4.50. The highest BCUT2D eigenvalue weighted by molar-refractivity contribution is 5.67. The van der Waals surface area contributed by atoms with Gasteiger partial charge in [0.05, 0.1) is 18.8 Å². The van der Waals surface area contributed by atoms with Crippen LogP contribution in [0.1, 0.15) is 56.9 Å². The molecule has 4 unspecified atom stereocenters. The monoisotopic (exact) mass is 389 g/mol. The van der Waals surface area contributed by atoms with E-state index in [0.717, 1.165) is 50.5 Å². The molecule has 1 aromatic rings. The van der Waals surface area contributed by atoms with Crippen molar-refractivity contribution < 1.29 is 24.2 Å². The second-order valence-corrected chi connectivity index (χ2v) is 7.90. The van der Waals surface area contributed by atoms with Crippen molar-refractivity contribution in [2.45, 2.75) is 70.1 Å². The van der Waals surface area contributed by atoms with Crippen molar-refractivity contribution in [3.05, 3.63) is 35.9 Å². The quantitative estimate of drug-likeness (QED) is 0.556. The maximum Gasteiger partial charge on any atom is 0.407 e. The van der Waals surface area contributed by atoms with E-state index in [1.807, 2.05) is 30.3 Å². The third-order valence-corrected chi connectivity index (χ3v) is 5.95. The average Bonchev–Trinajstić information content (AvgIpc) is 3.30. The Bertz CT molecular complexity index is 635. The highest BCUT2D eigenvalue weighted by Gasteiger charge is 2.48. The van der Waals surface area contributed by atoms with Gasteiger partial charge in [0.25, 0.3) is 0 Å². The molecule has 2 fully saturated rings. The van der Waals surface area contributed by atoms with Gasteiger partial charge in [0.2, 0.25) is 0 Å². The predicted molar refractivity (Wildman–Crippen MR) is 105 cm³/mol. The lowest BCUT2D eigenvalue weighted by Crippen LogP contribution is -2.34. The van der Waals surface area contributed by atoms with Gasteiger partial charge in [-0.05, 0) is 37.2 Å². The maximum atomic E-state index is 12.1. The summed E-state index contributed by atoms with van der Waals surface area (Å²) in [6, 6.07) is 9.78. The largest absolute Gasteiger partial charge is 0.481 e. The first-order valence-electron chi connectivity index (χ1n) is 10.5. The van der Waals surface area contributed by atoms with Crippen LogP contribution in [-0.2, 0) is 20.8 Å². The number of unbranched alkanes of at least 4 members (excludes halogenated alkanes) is 3. The molecule has 1 aromatic carbocycles. The van der Waals surface area contributed by atoms with Crippen molar-refractivity contribution >= 4 is 12.1 Å². The number of rotatable bonds is 11. The molecule has 2 heterocycles. The number of benzene rings is 1. The molecule has 0 radical (unpaired) electrons. The SMILES string of the molecule is O=C(O)CCCCCCC1C2CCC(O2)C1COC(=O)NCc1ccccc1. The van der Waals surface area contributed by atoms with Gasteiger partial charge in [0.1, 0.15) is 0 Å². The normalized spacial score (nSPS) is 25.6. The van der Waals surface area contributed by atoms with Crippen molar-refractivity contribution in [3.63, 3.8) is 0 Å². The van der Waals surface area contributed by atoms with Gasteiger partial charge in [-0.15, -0.1) is 0 Å². The molecular formula is C22H31NO5. The Balaban J connectivity index is 1.36. The molecule has 2 aliphatic heterocycles. The lowest BCUT2D eigenvalue weighted by Gasteiger charge is -2.27. The van der Waals surface area contributed by atoms with E-state index in [2.05, 4.69) is 5.32 Å². The number of fused-ring (bicyclic) bond motifs is 2. The number of carbonyl (C=O) groups excluding carboxylic acids is 1. The summed E-state index contributed by atoms with van der Waals surface area (Å²) in [5, 5.41) is 11.5. The zero-order valence-electron chi connectivity index (χ0n) is 16.3. The highest BCUT2D eigenvalue weighted by Crippen LogP contribution is 2.45. The molecular weight excluding hydrogens is 358 g/mol. The molecule has 6 heteroatoms. The molecule has 0 saturated carbocycles. The van der Waals surface area contributed by atoms with Gasteiger partial charge in [0, 0.05) is 18.9 Å². The molecule has 2 saturated heterocycles. The summed E-state index contributed by atoms with van der Waals surface area (Å²) >= 11 is 0. The van der Waals surface area contributed by atoms with Crippen LogP contribution >= 0.6 is 0 Å². The third kappa shape index (κ3) is 5.96. The van der Waals surface area contributed by atoms with Gasteiger partial charge in [0.15, 0.2) is 0 Å². The van der Waals surface area contributed by atoms with Crippen LogP contribution in [0, 0.1) is 11.8 Å². The van der Waals surface area contributed by atoms with E-state index >= 15 is 0 Å². The van der Waals surface area contributed by atoms with Crippen molar-refractivity contribution in [1.82, 2.24) is 5.32 Å². The predicted octanol–water partition coefficient (Wildman–Crippen LogP) is 4.13. The van der Waals surface area contributed by atoms with E-state index in [-0.39, 0.29) is 24.5 Å². The van der Waals surface area contributed by atoms with E-state index in [1.165, 1.54) is 0 Å². The first-order chi connectivity index (χ1) is 13.6. The van der Waals surface area contributed by atoms with Crippen LogP contribution in [-0.4, -0.2) is 36.0 Å². The van der Waals surface area contributed by atoms with Crippen LogP contribution in [0.2, 0.25) is 0 Å². The summed E-state index contributed by atoms with van der Waals surface area (Å²) < 4.78 is 11.6. The maximum absolute atomic E-state index is 12.1. The molecule has 0 aromatic heterocycles. The zero-order chi connectivity index (χ0) is 19.8. The molecule has 2 N–H and O–H groups in total. The van der Waals surface area contributed by atoms with Crippen LogP contribution in [0.3, 0.4) is 0 Å². The molecule has 2 bridgehead atoms. The van der Waals surface area contributed by atoms with Crippen LogP contribution in [0.15, 0.2) is 30.3 Å². The van der Waals surface area contributed by atoms with Gasteiger partial charge < -0.3 is 19.9 Å². The van der Waals surface area contributed by atoms with Gasteiger partial charge in [-0.3, -0.25) is 4.79 Å². The second kappa shape index (κ2) is 10.5. The number of nitrogens with one attached hydrogen (secondary N) is 1. The van der Waals surface area contributed by atoms with Gasteiger partial charge >= 0.3 is 12.1 Å². The van der Waals surface area contributed by atoms with E-state index in [1.54, 1.807) is 0 Å². The number of carboxylic acid groups (broad SMARTS) is 1. The molecule has 0 spiro atoms. The number of alkyl carbamates (subject to hydrolysis) is 1. The molecule has 28 heavy (non-hydrogen) atoms. The molecule has 6 nitrogen and oxygen atoms in total. The zero-order valence-corrected chi connectivity index (χ0v) is 16.3. The number of hydrogen-bond acceptors (Lipinski definition) is 4. The summed E-state index contributed by atoms with van der Waals surface area (Å²) in [5.74, 6) is 0.00430. The van der Waals surface area contributed by atoms with Crippen LogP contribution < -0.4 is 5.32 Å². The Hall–Kier alpha value is -2.08. The smallest absolute Gasteiger partial charge is 0.407 e. The standard InChI is InChI=1S/C22H31NO5/c24-21(25)11-7-2-1-6-10-17-18(20-13-12-19(17)28-20)15-27-22(26)23-14-16-8-4-3-5-9-16/h3-5,8-9,17-20H,1-2,6-7,10-15H2,(H,23,26)(H,24,25). The van der Waals surface area contributed by atoms with Crippen molar-refractivity contribution in [1.29, 1.82) is 0 Å². The Morgan fingerprint density at radius 3 is 2.50 bits per heavy atom. The molecule has 0 aliphatic carbocycles. The minimum atomic E-state index is -0.718. The second-order valence-electron chi connectivity index (χ2n) is 7.90. The number of carbonyl (C=O) groups is 2. The summed E-state index contributed by atoms with van der Waals surface area (Å²) in [4.78, 5) is 22.6. The number of hydrogen-bond donors (Lipinski definition) is 2. The van der Waals surface area contributed by atoms with Crippen LogP contribution in [0.5, 0.6) is 0 Å². The summed E-state index contributed by atoms with van der Waals surface area (Å²) in [6.07, 6.45) is 7.44. The summed E-state index contributed by atoms with van der Waals surface area (Å²) in [6.45, 7) is 0.873. The Kier molecular flexibility index (Phi) is 7.71.